The number of rotatable bonds is 4. The number of nitrogens with zero attached hydrogens (tertiary/aromatic N) is 2. The van der Waals surface area contributed by atoms with Gasteiger partial charge in [-0.15, -0.1) is 0 Å². The van der Waals surface area contributed by atoms with Crippen LogP contribution in [0.1, 0.15) is 11.1 Å². The third kappa shape index (κ3) is 3.12. The van der Waals surface area contributed by atoms with Crippen LogP contribution >= 0.6 is 15.9 Å². The topological polar surface area (TPSA) is 66.0 Å². The van der Waals surface area contributed by atoms with Crippen molar-refractivity contribution < 1.29 is 0 Å². The van der Waals surface area contributed by atoms with E-state index in [1.165, 1.54) is 0 Å². The van der Waals surface area contributed by atoms with Gasteiger partial charge < -0.3 is 10.6 Å². The van der Waals surface area contributed by atoms with Crippen molar-refractivity contribution in [3.8, 4) is 0 Å². The zero-order valence-corrected chi connectivity index (χ0v) is 12.2. The van der Waals surface area contributed by atoms with Crippen LogP contribution in [-0.2, 0) is 6.54 Å². The first kappa shape index (κ1) is 13.5. The van der Waals surface area contributed by atoms with E-state index in [9.17, 15) is 0 Å². The van der Waals surface area contributed by atoms with E-state index in [0.29, 0.717) is 0 Å². The van der Waals surface area contributed by atoms with E-state index in [1.54, 1.807) is 12.4 Å². The zero-order chi connectivity index (χ0) is 13.8. The van der Waals surface area contributed by atoms with Crippen molar-refractivity contribution in [2.24, 2.45) is 5.73 Å². The van der Waals surface area contributed by atoms with Crippen molar-refractivity contribution >= 4 is 27.5 Å². The van der Waals surface area contributed by atoms with Crippen LogP contribution in [0.3, 0.4) is 0 Å². The molecule has 1 aromatic carbocycles. The monoisotopic (exact) mass is 318 g/mol. The van der Waals surface area contributed by atoms with E-state index in [-0.39, 0.29) is 5.84 Å². The summed E-state index contributed by atoms with van der Waals surface area (Å²) in [5, 5.41) is 7.70. The average Bonchev–Trinajstić information content (AvgIpc) is 2.39. The van der Waals surface area contributed by atoms with Crippen LogP contribution in [0.2, 0.25) is 0 Å². The quantitative estimate of drug-likeness (QED) is 0.673. The highest BCUT2D eigenvalue weighted by atomic mass is 79.9. The lowest BCUT2D eigenvalue weighted by molar-refractivity contribution is 0.917. The van der Waals surface area contributed by atoms with Crippen LogP contribution in [0, 0.1) is 5.41 Å². The minimum atomic E-state index is 0.0593. The van der Waals surface area contributed by atoms with Crippen LogP contribution in [0.25, 0.3) is 0 Å². The lowest BCUT2D eigenvalue weighted by atomic mass is 10.1. The average molecular weight is 319 g/mol. The molecule has 2 aromatic rings. The predicted octanol–water partition coefficient (Wildman–Crippen LogP) is 2.76. The molecule has 0 unspecified atom stereocenters. The van der Waals surface area contributed by atoms with Gasteiger partial charge in [0.15, 0.2) is 0 Å². The summed E-state index contributed by atoms with van der Waals surface area (Å²) < 4.78 is 0.832. The number of nitrogen functional groups attached to an aromatic ring is 1. The lowest BCUT2D eigenvalue weighted by Gasteiger charge is -2.23. The smallest absolute Gasteiger partial charge is 0.126 e. The summed E-state index contributed by atoms with van der Waals surface area (Å²) in [5.74, 6) is 0.0593. The summed E-state index contributed by atoms with van der Waals surface area (Å²) in [6.45, 7) is 0.735. The Labute approximate surface area is 120 Å². The lowest BCUT2D eigenvalue weighted by Crippen LogP contribution is -2.22. The Hall–Kier alpha value is -1.88. The second-order valence-electron chi connectivity index (χ2n) is 4.26. The van der Waals surface area contributed by atoms with Gasteiger partial charge in [-0.25, -0.2) is 0 Å². The Kier molecular flexibility index (Phi) is 4.16. The molecule has 4 nitrogen and oxygen atoms in total. The van der Waals surface area contributed by atoms with Crippen LogP contribution in [0.5, 0.6) is 0 Å². The normalized spacial score (nSPS) is 10.2. The molecular formula is C14H15BrN4. The van der Waals surface area contributed by atoms with Gasteiger partial charge in [-0.2, -0.15) is 0 Å². The van der Waals surface area contributed by atoms with Gasteiger partial charge in [0.25, 0.3) is 0 Å². The maximum Gasteiger partial charge on any atom is 0.126 e. The predicted molar refractivity (Wildman–Crippen MR) is 81.5 cm³/mol. The number of pyridine rings is 1. The van der Waals surface area contributed by atoms with Crippen molar-refractivity contribution in [3.63, 3.8) is 0 Å². The summed E-state index contributed by atoms with van der Waals surface area (Å²) in [5.41, 5.74) is 8.47. The fourth-order valence-electron chi connectivity index (χ4n) is 1.94. The van der Waals surface area contributed by atoms with Gasteiger partial charge >= 0.3 is 0 Å². The zero-order valence-electron chi connectivity index (χ0n) is 10.6. The van der Waals surface area contributed by atoms with Crippen LogP contribution in [-0.4, -0.2) is 17.9 Å². The Morgan fingerprint density at radius 1 is 1.32 bits per heavy atom. The number of benzene rings is 1. The molecule has 0 atom stereocenters. The maximum atomic E-state index is 7.70. The van der Waals surface area contributed by atoms with Crippen molar-refractivity contribution in [2.75, 3.05) is 11.9 Å². The molecule has 1 heterocycles. The summed E-state index contributed by atoms with van der Waals surface area (Å²) in [7, 11) is 1.98. The Morgan fingerprint density at radius 3 is 2.63 bits per heavy atom. The van der Waals surface area contributed by atoms with Crippen molar-refractivity contribution in [3.05, 3.63) is 58.3 Å². The second kappa shape index (κ2) is 5.84. The molecule has 0 aliphatic rings. The number of nitrogens with one attached hydrogen (secondary N) is 1. The molecule has 2 rings (SSSR count). The van der Waals surface area contributed by atoms with Crippen LogP contribution in [0.15, 0.2) is 47.2 Å². The highest BCUT2D eigenvalue weighted by Gasteiger charge is 2.13. The van der Waals surface area contributed by atoms with Gasteiger partial charge in [-0.1, -0.05) is 6.07 Å². The molecule has 0 amide bonds. The first-order chi connectivity index (χ1) is 9.09. The number of halogens is 1. The first-order valence-corrected chi connectivity index (χ1v) is 6.62. The number of hydrogen-bond acceptors (Lipinski definition) is 3. The van der Waals surface area contributed by atoms with Gasteiger partial charge in [-0.05, 0) is 45.8 Å². The summed E-state index contributed by atoms with van der Waals surface area (Å²) in [6.07, 6.45) is 3.55. The van der Waals surface area contributed by atoms with Crippen molar-refractivity contribution in [2.45, 2.75) is 6.54 Å². The van der Waals surface area contributed by atoms with E-state index in [1.807, 2.05) is 37.4 Å². The van der Waals surface area contributed by atoms with Gasteiger partial charge in [0.1, 0.15) is 5.84 Å². The van der Waals surface area contributed by atoms with Crippen molar-refractivity contribution in [1.82, 2.24) is 4.98 Å². The summed E-state index contributed by atoms with van der Waals surface area (Å²) in [4.78, 5) is 6.07. The molecule has 0 radical (unpaired) electrons. The largest absolute Gasteiger partial charge is 0.384 e. The number of hydrogen-bond donors (Lipinski definition) is 2. The van der Waals surface area contributed by atoms with Gasteiger partial charge in [-0.3, -0.25) is 10.4 Å². The molecule has 0 aliphatic heterocycles. The molecular weight excluding hydrogens is 304 g/mol. The fourth-order valence-corrected chi connectivity index (χ4v) is 2.51. The molecule has 0 aliphatic carbocycles. The van der Waals surface area contributed by atoms with E-state index in [0.717, 1.165) is 27.8 Å². The molecule has 3 N–H and O–H groups in total. The van der Waals surface area contributed by atoms with Gasteiger partial charge in [0.2, 0.25) is 0 Å². The standard InChI is InChI=1S/C14H15BrN4/c1-19(9-10-5-7-18-8-6-10)12-4-2-3-11(15)13(12)14(16)17/h2-8H,9H2,1H3,(H3,16,17). The summed E-state index contributed by atoms with van der Waals surface area (Å²) >= 11 is 3.44. The van der Waals surface area contributed by atoms with Crippen LogP contribution in [0.4, 0.5) is 5.69 Å². The minimum absolute atomic E-state index is 0.0593. The highest BCUT2D eigenvalue weighted by molar-refractivity contribution is 9.10. The molecule has 0 fully saturated rings. The number of nitrogens with two attached hydrogens (primary N) is 1. The van der Waals surface area contributed by atoms with E-state index >= 15 is 0 Å². The van der Waals surface area contributed by atoms with E-state index in [2.05, 4.69) is 25.8 Å². The SMILES string of the molecule is CN(Cc1ccncc1)c1cccc(Br)c1C(=N)N. The fraction of sp³-hybridized carbons (Fsp3) is 0.143. The molecule has 0 saturated carbocycles. The molecule has 0 saturated heterocycles. The van der Waals surface area contributed by atoms with Crippen molar-refractivity contribution in [1.29, 1.82) is 5.41 Å². The Bertz CT molecular complexity index is 583. The molecule has 0 bridgehead atoms. The van der Waals surface area contributed by atoms with E-state index in [4.69, 9.17) is 11.1 Å². The highest BCUT2D eigenvalue weighted by Crippen LogP contribution is 2.27. The number of anilines is 1. The first-order valence-electron chi connectivity index (χ1n) is 5.82. The number of amidine groups is 1. The molecule has 19 heavy (non-hydrogen) atoms. The van der Waals surface area contributed by atoms with Gasteiger partial charge in [0, 0.05) is 36.1 Å². The van der Waals surface area contributed by atoms with Gasteiger partial charge in [0.05, 0.1) is 5.56 Å². The minimum Gasteiger partial charge on any atom is -0.384 e. The Balaban J connectivity index is 2.31. The second-order valence-corrected chi connectivity index (χ2v) is 5.11. The third-order valence-corrected chi connectivity index (χ3v) is 3.50. The van der Waals surface area contributed by atoms with E-state index < -0.39 is 0 Å². The molecule has 0 spiro atoms. The Morgan fingerprint density at radius 2 is 2.00 bits per heavy atom. The maximum absolute atomic E-state index is 7.70. The molecule has 5 heteroatoms. The molecule has 1 aromatic heterocycles. The van der Waals surface area contributed by atoms with Crippen LogP contribution < -0.4 is 10.6 Å². The summed E-state index contributed by atoms with van der Waals surface area (Å²) in [6, 6.07) is 9.74. The molecule has 98 valence electrons. The number of aromatic nitrogens is 1. The third-order valence-electron chi connectivity index (χ3n) is 2.84.